The van der Waals surface area contributed by atoms with E-state index in [-0.39, 0.29) is 32.7 Å². The molecular weight excluding hydrogens is 129 g/mol. The van der Waals surface area contributed by atoms with Gasteiger partial charge in [-0.05, 0) is 0 Å². The molecule has 0 aromatic carbocycles. The number of hydrogen-bond donors (Lipinski definition) is 1. The molecule has 0 amide bonds. The van der Waals surface area contributed by atoms with Crippen molar-refractivity contribution in [2.75, 3.05) is 0 Å². The van der Waals surface area contributed by atoms with Crippen LogP contribution in [0.3, 0.4) is 0 Å². The van der Waals surface area contributed by atoms with Gasteiger partial charge in [0.05, 0.1) is 0 Å². The summed E-state index contributed by atoms with van der Waals surface area (Å²) in [4.78, 5) is 0. The van der Waals surface area contributed by atoms with Crippen LogP contribution >= 0.6 is 0 Å². The molecule has 0 aliphatic rings. The predicted molar refractivity (Wildman–Crippen MR) is 9.80 cm³/mol. The molecular formula is CH2N2Y. The summed E-state index contributed by atoms with van der Waals surface area (Å²) in [5, 5.41) is 7.10. The molecule has 4 heavy (non-hydrogen) atoms. The first-order valence-corrected chi connectivity index (χ1v) is 0.512. The van der Waals surface area contributed by atoms with E-state index in [0.717, 1.165) is 0 Å². The zero-order valence-corrected chi connectivity index (χ0v) is 4.94. The van der Waals surface area contributed by atoms with Crippen molar-refractivity contribution in [1.29, 1.82) is 5.26 Å². The Morgan fingerprint density at radius 1 is 1.75 bits per heavy atom. The van der Waals surface area contributed by atoms with Gasteiger partial charge in [-0.3, -0.25) is 0 Å². The Balaban J connectivity index is 0. The minimum atomic E-state index is 0. The summed E-state index contributed by atoms with van der Waals surface area (Å²) in [5.41, 5.74) is 4.15. The van der Waals surface area contributed by atoms with Crippen LogP contribution in [-0.2, 0) is 32.7 Å². The smallest absolute Gasteiger partial charge is 0.173 e. The summed E-state index contributed by atoms with van der Waals surface area (Å²) in [5.74, 6) is 0. The number of nitriles is 1. The third-order valence-corrected chi connectivity index (χ3v) is 0. The standard InChI is InChI=1S/CH2N2.Y/c2-1-3;/h2H2;. The second-order valence-electron chi connectivity index (χ2n) is 0.129. The van der Waals surface area contributed by atoms with Crippen LogP contribution in [0.4, 0.5) is 0 Å². The zero-order chi connectivity index (χ0) is 2.71. The van der Waals surface area contributed by atoms with Gasteiger partial charge in [0.2, 0.25) is 0 Å². The van der Waals surface area contributed by atoms with Crippen molar-refractivity contribution in [1.82, 2.24) is 0 Å². The van der Waals surface area contributed by atoms with Crippen molar-refractivity contribution in [2.24, 2.45) is 5.73 Å². The van der Waals surface area contributed by atoms with E-state index in [1.807, 2.05) is 0 Å². The Labute approximate surface area is 49.9 Å². The van der Waals surface area contributed by atoms with E-state index < -0.39 is 0 Å². The Hall–Kier alpha value is 0.394. The van der Waals surface area contributed by atoms with Gasteiger partial charge in [0.1, 0.15) is 0 Å². The molecule has 0 aromatic rings. The summed E-state index contributed by atoms with van der Waals surface area (Å²) in [6.07, 6.45) is 1.25. The fourth-order valence-corrected chi connectivity index (χ4v) is 0. The Morgan fingerprint density at radius 2 is 1.75 bits per heavy atom. The van der Waals surface area contributed by atoms with Crippen LogP contribution in [0.1, 0.15) is 0 Å². The number of nitrogens with two attached hydrogens (primary N) is 1. The fourth-order valence-electron chi connectivity index (χ4n) is 0. The minimum Gasteiger partial charge on any atom is -0.337 e. The van der Waals surface area contributed by atoms with Gasteiger partial charge in [0, 0.05) is 32.7 Å². The molecule has 0 aliphatic heterocycles. The first-order chi connectivity index (χ1) is 1.41. The van der Waals surface area contributed by atoms with E-state index in [0.29, 0.717) is 0 Å². The molecule has 2 nitrogen and oxygen atoms in total. The topological polar surface area (TPSA) is 49.8 Å². The van der Waals surface area contributed by atoms with Crippen LogP contribution in [-0.4, -0.2) is 0 Å². The largest absolute Gasteiger partial charge is 0.337 e. The second kappa shape index (κ2) is 10.0. The van der Waals surface area contributed by atoms with Gasteiger partial charge < -0.3 is 5.73 Å². The maximum absolute atomic E-state index is 7.10. The van der Waals surface area contributed by atoms with Crippen LogP contribution in [0.5, 0.6) is 0 Å². The third kappa shape index (κ3) is 30.0. The first-order valence-electron chi connectivity index (χ1n) is 0.512. The van der Waals surface area contributed by atoms with E-state index in [1.165, 1.54) is 6.19 Å². The van der Waals surface area contributed by atoms with Gasteiger partial charge in [-0.15, -0.1) is 0 Å². The summed E-state index contributed by atoms with van der Waals surface area (Å²) in [7, 11) is 0. The summed E-state index contributed by atoms with van der Waals surface area (Å²) < 4.78 is 0. The SMILES string of the molecule is N#CN.[Y]. The summed E-state index contributed by atoms with van der Waals surface area (Å²) in [6.45, 7) is 0. The molecule has 0 aromatic heterocycles. The Kier molecular flexibility index (Phi) is 22.1. The van der Waals surface area contributed by atoms with Crippen molar-refractivity contribution >= 4 is 0 Å². The van der Waals surface area contributed by atoms with Crippen LogP contribution in [0.2, 0.25) is 0 Å². The van der Waals surface area contributed by atoms with E-state index in [9.17, 15) is 0 Å². The zero-order valence-electron chi connectivity index (χ0n) is 2.10. The number of rotatable bonds is 0. The molecule has 3 heteroatoms. The average molecular weight is 131 g/mol. The van der Waals surface area contributed by atoms with Crippen molar-refractivity contribution in [3.05, 3.63) is 0 Å². The number of hydrogen-bond acceptors (Lipinski definition) is 2. The molecule has 0 spiro atoms. The number of nitrogens with zero attached hydrogens (tertiary/aromatic N) is 1. The molecule has 1 radical (unpaired) electrons. The van der Waals surface area contributed by atoms with Crippen molar-refractivity contribution in [2.45, 2.75) is 0 Å². The molecule has 0 rings (SSSR count). The molecule has 0 unspecified atom stereocenters. The van der Waals surface area contributed by atoms with Crippen LogP contribution in [0, 0.1) is 11.5 Å². The van der Waals surface area contributed by atoms with Gasteiger partial charge in [-0.25, -0.2) is 0 Å². The second-order valence-corrected chi connectivity index (χ2v) is 0.129. The van der Waals surface area contributed by atoms with Crippen molar-refractivity contribution < 1.29 is 32.7 Å². The fraction of sp³-hybridized carbons (Fsp3) is 0. The molecule has 0 fully saturated rings. The van der Waals surface area contributed by atoms with Gasteiger partial charge in [0.25, 0.3) is 0 Å². The first kappa shape index (κ1) is 8.83. The van der Waals surface area contributed by atoms with Crippen LogP contribution in [0.25, 0.3) is 0 Å². The van der Waals surface area contributed by atoms with Gasteiger partial charge in [-0.2, -0.15) is 5.26 Å². The van der Waals surface area contributed by atoms with Gasteiger partial charge in [0.15, 0.2) is 6.19 Å². The maximum atomic E-state index is 7.10. The van der Waals surface area contributed by atoms with E-state index in [4.69, 9.17) is 5.26 Å². The maximum Gasteiger partial charge on any atom is 0.173 e. The molecule has 19 valence electrons. The monoisotopic (exact) mass is 131 g/mol. The molecule has 0 saturated heterocycles. The molecule has 2 N–H and O–H groups in total. The Morgan fingerprint density at radius 3 is 1.75 bits per heavy atom. The molecule has 0 heterocycles. The molecule has 0 atom stereocenters. The van der Waals surface area contributed by atoms with E-state index in [2.05, 4.69) is 5.73 Å². The normalized spacial score (nSPS) is 1.75. The van der Waals surface area contributed by atoms with Crippen LogP contribution in [0.15, 0.2) is 0 Å². The van der Waals surface area contributed by atoms with Crippen molar-refractivity contribution in [3.8, 4) is 6.19 Å². The van der Waals surface area contributed by atoms with E-state index in [1.54, 1.807) is 0 Å². The molecule has 0 aliphatic carbocycles. The van der Waals surface area contributed by atoms with E-state index >= 15 is 0 Å². The van der Waals surface area contributed by atoms with Crippen LogP contribution < -0.4 is 5.73 Å². The molecule has 0 bridgehead atoms. The van der Waals surface area contributed by atoms with Gasteiger partial charge >= 0.3 is 0 Å². The summed E-state index contributed by atoms with van der Waals surface area (Å²) >= 11 is 0. The van der Waals surface area contributed by atoms with Crippen molar-refractivity contribution in [3.63, 3.8) is 0 Å². The average Bonchev–Trinajstić information content (AvgIpc) is 0.918. The quantitative estimate of drug-likeness (QED) is 0.353. The predicted octanol–water partition coefficient (Wildman–Crippen LogP) is -0.576. The summed E-state index contributed by atoms with van der Waals surface area (Å²) in [6, 6.07) is 0. The van der Waals surface area contributed by atoms with Gasteiger partial charge in [-0.1, -0.05) is 0 Å². The molecule has 0 saturated carbocycles. The minimum absolute atomic E-state index is 0. The Bertz CT molecular complexity index is 27.5. The third-order valence-electron chi connectivity index (χ3n) is 0.